The van der Waals surface area contributed by atoms with E-state index in [1.54, 1.807) is 6.07 Å². The number of amides is 1. The topological polar surface area (TPSA) is 133 Å². The number of imidazole rings is 1. The molecule has 38 heavy (non-hydrogen) atoms. The summed E-state index contributed by atoms with van der Waals surface area (Å²) in [5, 5.41) is 11.0. The van der Waals surface area contributed by atoms with E-state index in [0.29, 0.717) is 55.6 Å². The van der Waals surface area contributed by atoms with Crippen molar-refractivity contribution in [1.82, 2.24) is 30.3 Å². The minimum Gasteiger partial charge on any atom is -0.448 e. The van der Waals surface area contributed by atoms with Crippen molar-refractivity contribution in [2.24, 2.45) is 0 Å². The fraction of sp³-hybridized carbons (Fsp3) is 0.214. The van der Waals surface area contributed by atoms with Crippen molar-refractivity contribution < 1.29 is 14.1 Å². The Morgan fingerprint density at radius 1 is 1.11 bits per heavy atom. The van der Waals surface area contributed by atoms with Crippen molar-refractivity contribution in [3.05, 3.63) is 84.1 Å². The lowest BCUT2D eigenvalue weighted by Gasteiger charge is -2.11. The number of nitrogen functional groups attached to an aromatic ring is 1. The van der Waals surface area contributed by atoms with E-state index in [0.717, 1.165) is 33.1 Å². The maximum Gasteiger partial charge on any atom is 0.407 e. The van der Waals surface area contributed by atoms with Gasteiger partial charge in [0.15, 0.2) is 11.6 Å². The van der Waals surface area contributed by atoms with Gasteiger partial charge in [-0.15, -0.1) is 0 Å². The summed E-state index contributed by atoms with van der Waals surface area (Å²) in [6.07, 6.45) is 1.07. The zero-order chi connectivity index (χ0) is 26.5. The molecular weight excluding hydrogens is 482 g/mol. The number of pyridine rings is 1. The fourth-order valence-corrected chi connectivity index (χ4v) is 4.22. The van der Waals surface area contributed by atoms with Crippen LogP contribution in [0.15, 0.2) is 77.5 Å². The van der Waals surface area contributed by atoms with Gasteiger partial charge in [0, 0.05) is 37.6 Å². The van der Waals surface area contributed by atoms with Gasteiger partial charge in [-0.25, -0.2) is 14.8 Å². The molecule has 4 N–H and O–H groups in total. The monoisotopic (exact) mass is 511 g/mol. The molecule has 0 radical (unpaired) electrons. The summed E-state index contributed by atoms with van der Waals surface area (Å²) in [6.45, 7) is 8.22. The molecule has 2 aromatic carbocycles. The lowest BCUT2D eigenvalue weighted by atomic mass is 10.1. The molecule has 10 nitrogen and oxygen atoms in total. The van der Waals surface area contributed by atoms with E-state index < -0.39 is 6.09 Å². The summed E-state index contributed by atoms with van der Waals surface area (Å²) in [5.41, 5.74) is 12.2. The molecule has 0 atom stereocenters. The smallest absolute Gasteiger partial charge is 0.407 e. The first-order valence-electron chi connectivity index (χ1n) is 12.3. The number of anilines is 1. The van der Waals surface area contributed by atoms with Gasteiger partial charge >= 0.3 is 6.09 Å². The van der Waals surface area contributed by atoms with Crippen LogP contribution in [0, 0.1) is 0 Å². The van der Waals surface area contributed by atoms with Crippen molar-refractivity contribution in [3.63, 3.8) is 0 Å². The van der Waals surface area contributed by atoms with Gasteiger partial charge < -0.3 is 30.2 Å². The van der Waals surface area contributed by atoms with E-state index in [9.17, 15) is 4.79 Å². The number of nitrogens with zero attached hydrogens (tertiary/aromatic N) is 4. The Balaban J connectivity index is 1.32. The standard InChI is InChI=1S/C28H29N7O3/c1-18(2)15-30-12-14-37-28(36)31-16-19-7-9-20(10-8-19)17-35-25-21-5-3-4-6-22(21)32-26(29)24(25)33-27(35)23-11-13-38-34-23/h3-11,13,30H,1,12,14-17H2,2H3,(H2,29,32)(H,31,36). The van der Waals surface area contributed by atoms with Crippen molar-refractivity contribution in [1.29, 1.82) is 0 Å². The molecule has 3 heterocycles. The number of ether oxygens (including phenoxy) is 1. The number of aromatic nitrogens is 4. The summed E-state index contributed by atoms with van der Waals surface area (Å²) in [5.74, 6) is 1.01. The number of carbonyl (C=O) groups excluding carboxylic acids is 1. The van der Waals surface area contributed by atoms with Crippen LogP contribution in [0.2, 0.25) is 0 Å². The molecule has 0 spiro atoms. The first kappa shape index (κ1) is 25.0. The largest absolute Gasteiger partial charge is 0.448 e. The van der Waals surface area contributed by atoms with E-state index >= 15 is 0 Å². The SMILES string of the molecule is C=C(C)CNCCOC(=O)NCc1ccc(Cn2c(-c3ccon3)nc3c(N)nc4ccccc4c32)cc1. The Labute approximate surface area is 219 Å². The van der Waals surface area contributed by atoms with Crippen LogP contribution >= 0.6 is 0 Å². The highest BCUT2D eigenvalue weighted by Crippen LogP contribution is 2.32. The van der Waals surface area contributed by atoms with Crippen LogP contribution in [0.5, 0.6) is 0 Å². The second-order valence-electron chi connectivity index (χ2n) is 9.06. The highest BCUT2D eigenvalue weighted by atomic mass is 16.5. The Bertz CT molecular complexity index is 1570. The number of alkyl carbamates (subject to hydrolysis) is 1. The third-order valence-corrected chi connectivity index (χ3v) is 6.02. The van der Waals surface area contributed by atoms with Gasteiger partial charge in [0.05, 0.1) is 11.0 Å². The van der Waals surface area contributed by atoms with Crippen LogP contribution < -0.4 is 16.4 Å². The predicted octanol–water partition coefficient (Wildman–Crippen LogP) is 4.26. The van der Waals surface area contributed by atoms with Crippen LogP contribution in [0.4, 0.5) is 10.6 Å². The number of benzene rings is 2. The molecule has 0 unspecified atom stereocenters. The summed E-state index contributed by atoms with van der Waals surface area (Å²) >= 11 is 0. The minimum atomic E-state index is -0.452. The van der Waals surface area contributed by atoms with Gasteiger partial charge in [0.2, 0.25) is 0 Å². The zero-order valence-corrected chi connectivity index (χ0v) is 21.1. The van der Waals surface area contributed by atoms with E-state index in [1.807, 2.05) is 55.5 Å². The molecule has 0 saturated carbocycles. The maximum absolute atomic E-state index is 12.0. The van der Waals surface area contributed by atoms with Gasteiger partial charge in [-0.05, 0) is 24.1 Å². The average molecular weight is 512 g/mol. The third kappa shape index (κ3) is 5.50. The summed E-state index contributed by atoms with van der Waals surface area (Å²) < 4.78 is 12.4. The molecular formula is C28H29N7O3. The van der Waals surface area contributed by atoms with E-state index in [1.165, 1.54) is 6.26 Å². The predicted molar refractivity (Wildman–Crippen MR) is 146 cm³/mol. The Kier molecular flexibility index (Phi) is 7.32. The van der Waals surface area contributed by atoms with Gasteiger partial charge in [0.1, 0.15) is 24.1 Å². The second-order valence-corrected chi connectivity index (χ2v) is 9.06. The first-order chi connectivity index (χ1) is 18.5. The molecule has 0 aliphatic carbocycles. The van der Waals surface area contributed by atoms with E-state index in [2.05, 4.69) is 31.9 Å². The second kappa shape index (κ2) is 11.1. The summed E-state index contributed by atoms with van der Waals surface area (Å²) in [4.78, 5) is 21.3. The summed E-state index contributed by atoms with van der Waals surface area (Å²) in [6, 6.07) is 17.6. The van der Waals surface area contributed by atoms with E-state index in [4.69, 9.17) is 20.0 Å². The molecule has 0 aliphatic rings. The average Bonchev–Trinajstić information content (AvgIpc) is 3.57. The quantitative estimate of drug-likeness (QED) is 0.187. The van der Waals surface area contributed by atoms with Crippen molar-refractivity contribution in [3.8, 4) is 11.5 Å². The van der Waals surface area contributed by atoms with Gasteiger partial charge in [-0.1, -0.05) is 59.8 Å². The highest BCUT2D eigenvalue weighted by molar-refractivity contribution is 6.07. The molecule has 1 amide bonds. The van der Waals surface area contributed by atoms with Crippen LogP contribution in [-0.2, 0) is 17.8 Å². The third-order valence-electron chi connectivity index (χ3n) is 6.02. The molecule has 0 fully saturated rings. The van der Waals surface area contributed by atoms with Crippen molar-refractivity contribution >= 4 is 33.8 Å². The van der Waals surface area contributed by atoms with Gasteiger partial charge in [-0.2, -0.15) is 0 Å². The number of hydrogen-bond acceptors (Lipinski definition) is 8. The molecule has 0 bridgehead atoms. The number of hydrogen-bond donors (Lipinski definition) is 3. The molecule has 194 valence electrons. The van der Waals surface area contributed by atoms with Crippen LogP contribution in [-0.4, -0.2) is 45.5 Å². The number of fused-ring (bicyclic) bond motifs is 3. The van der Waals surface area contributed by atoms with Crippen molar-refractivity contribution in [2.75, 3.05) is 25.4 Å². The zero-order valence-electron chi connectivity index (χ0n) is 21.1. The lowest BCUT2D eigenvalue weighted by Crippen LogP contribution is -2.28. The number of carbonyl (C=O) groups is 1. The Hall–Kier alpha value is -4.70. The Morgan fingerprint density at radius 3 is 2.66 bits per heavy atom. The molecule has 3 aromatic heterocycles. The fourth-order valence-electron chi connectivity index (χ4n) is 4.22. The number of nitrogens with one attached hydrogen (secondary N) is 2. The lowest BCUT2D eigenvalue weighted by molar-refractivity contribution is 0.146. The molecule has 5 rings (SSSR count). The van der Waals surface area contributed by atoms with Crippen LogP contribution in [0.25, 0.3) is 33.5 Å². The van der Waals surface area contributed by atoms with Gasteiger partial charge in [-0.3, -0.25) is 0 Å². The maximum atomic E-state index is 12.0. The Morgan fingerprint density at radius 2 is 1.89 bits per heavy atom. The van der Waals surface area contributed by atoms with Crippen molar-refractivity contribution in [2.45, 2.75) is 20.0 Å². The number of nitrogens with two attached hydrogens (primary N) is 1. The molecule has 0 aliphatic heterocycles. The molecule has 10 heteroatoms. The highest BCUT2D eigenvalue weighted by Gasteiger charge is 2.20. The van der Waals surface area contributed by atoms with Crippen LogP contribution in [0.1, 0.15) is 18.1 Å². The molecule has 5 aromatic rings. The normalized spacial score (nSPS) is 11.2. The first-order valence-corrected chi connectivity index (χ1v) is 12.3. The van der Waals surface area contributed by atoms with Crippen LogP contribution in [0.3, 0.4) is 0 Å². The summed E-state index contributed by atoms with van der Waals surface area (Å²) in [7, 11) is 0. The molecule has 0 saturated heterocycles. The number of para-hydroxylation sites is 1. The van der Waals surface area contributed by atoms with Gasteiger partial charge in [0.25, 0.3) is 0 Å². The van der Waals surface area contributed by atoms with E-state index in [-0.39, 0.29) is 0 Å². The minimum absolute atomic E-state index is 0.291. The number of rotatable bonds is 10.